The van der Waals surface area contributed by atoms with Gasteiger partial charge in [0.1, 0.15) is 0 Å². The van der Waals surface area contributed by atoms with E-state index < -0.39 is 0 Å². The maximum Gasteiger partial charge on any atom is 0.162 e. The number of aliphatic hydroxyl groups is 1. The average Bonchev–Trinajstić information content (AvgIpc) is 2.66. The zero-order chi connectivity index (χ0) is 18.4. The van der Waals surface area contributed by atoms with Crippen LogP contribution in [0.15, 0.2) is 48.5 Å². The van der Waals surface area contributed by atoms with Crippen LogP contribution in [0.5, 0.6) is 11.5 Å². The summed E-state index contributed by atoms with van der Waals surface area (Å²) in [5.74, 6) is 0.734. The second kappa shape index (κ2) is 9.03. The molecule has 0 bridgehead atoms. The van der Waals surface area contributed by atoms with Gasteiger partial charge in [-0.2, -0.15) is 0 Å². The lowest BCUT2D eigenvalue weighted by atomic mass is 10.1. The number of methoxy groups -OCH3 is 1. The first-order chi connectivity index (χ1) is 12.7. The van der Waals surface area contributed by atoms with Crippen molar-refractivity contribution >= 4 is 0 Å². The highest BCUT2D eigenvalue weighted by Crippen LogP contribution is 2.30. The number of hydrogen-bond donors (Lipinski definition) is 2. The van der Waals surface area contributed by atoms with E-state index in [4.69, 9.17) is 4.74 Å². The van der Waals surface area contributed by atoms with E-state index in [1.165, 1.54) is 5.56 Å². The zero-order valence-electron chi connectivity index (χ0n) is 15.3. The van der Waals surface area contributed by atoms with Crippen LogP contribution in [0.4, 0.5) is 0 Å². The maximum absolute atomic E-state index is 10.3. The number of nitrogens with zero attached hydrogens (tertiary/aromatic N) is 2. The third-order valence-electron chi connectivity index (χ3n) is 5.08. The van der Waals surface area contributed by atoms with E-state index in [1.807, 2.05) is 18.2 Å². The molecule has 1 aliphatic rings. The molecule has 0 spiro atoms. The Labute approximate surface area is 155 Å². The van der Waals surface area contributed by atoms with Crippen LogP contribution in [-0.4, -0.2) is 59.4 Å². The molecular weight excluding hydrogens is 328 g/mol. The number of para-hydroxylation sites is 1. The van der Waals surface area contributed by atoms with Crippen molar-refractivity contribution in [3.05, 3.63) is 59.7 Å². The van der Waals surface area contributed by atoms with Gasteiger partial charge in [-0.1, -0.05) is 42.5 Å². The molecular formula is C21H28N2O3. The normalized spacial score (nSPS) is 18.8. The van der Waals surface area contributed by atoms with Crippen LogP contribution in [0.25, 0.3) is 0 Å². The SMILES string of the molecule is COc1cccc(CN2CCN(Cc3ccccc3)[C@@H](CCO)C2)c1O. The number of ether oxygens (including phenoxy) is 1. The van der Waals surface area contributed by atoms with Gasteiger partial charge in [0.05, 0.1) is 7.11 Å². The van der Waals surface area contributed by atoms with Crippen molar-refractivity contribution in [2.75, 3.05) is 33.4 Å². The van der Waals surface area contributed by atoms with Gasteiger partial charge in [-0.25, -0.2) is 0 Å². The minimum atomic E-state index is 0.189. The minimum absolute atomic E-state index is 0.189. The Kier molecular flexibility index (Phi) is 6.50. The van der Waals surface area contributed by atoms with Gasteiger partial charge in [0.15, 0.2) is 11.5 Å². The number of phenolic OH excluding ortho intramolecular Hbond substituents is 1. The van der Waals surface area contributed by atoms with E-state index in [2.05, 4.69) is 34.1 Å². The van der Waals surface area contributed by atoms with Crippen molar-refractivity contribution in [2.45, 2.75) is 25.6 Å². The Morgan fingerprint density at radius 1 is 1.04 bits per heavy atom. The number of hydrogen-bond acceptors (Lipinski definition) is 5. The minimum Gasteiger partial charge on any atom is -0.504 e. The second-order valence-electron chi connectivity index (χ2n) is 6.83. The molecule has 0 saturated carbocycles. The van der Waals surface area contributed by atoms with Crippen LogP contribution in [0.1, 0.15) is 17.5 Å². The Hall–Kier alpha value is -2.08. The summed E-state index contributed by atoms with van der Waals surface area (Å²) in [6.45, 7) is 4.54. The van der Waals surface area contributed by atoms with E-state index in [1.54, 1.807) is 13.2 Å². The molecule has 26 heavy (non-hydrogen) atoms. The van der Waals surface area contributed by atoms with Crippen LogP contribution >= 0.6 is 0 Å². The van der Waals surface area contributed by atoms with Crippen molar-refractivity contribution in [3.63, 3.8) is 0 Å². The first-order valence-electron chi connectivity index (χ1n) is 9.17. The lowest BCUT2D eigenvalue weighted by Crippen LogP contribution is -2.52. The summed E-state index contributed by atoms with van der Waals surface area (Å²) in [4.78, 5) is 4.80. The highest BCUT2D eigenvalue weighted by Gasteiger charge is 2.27. The number of aliphatic hydroxyl groups excluding tert-OH is 1. The fraction of sp³-hybridized carbons (Fsp3) is 0.429. The summed E-state index contributed by atoms with van der Waals surface area (Å²) in [5, 5.41) is 19.8. The molecule has 1 heterocycles. The predicted molar refractivity (Wildman–Crippen MR) is 102 cm³/mol. The Bertz CT molecular complexity index is 693. The third-order valence-corrected chi connectivity index (χ3v) is 5.08. The monoisotopic (exact) mass is 356 g/mol. The quantitative estimate of drug-likeness (QED) is 0.798. The highest BCUT2D eigenvalue weighted by molar-refractivity contribution is 5.45. The Balaban J connectivity index is 1.66. The summed E-state index contributed by atoms with van der Waals surface area (Å²) in [5.41, 5.74) is 2.18. The van der Waals surface area contributed by atoms with Gasteiger partial charge >= 0.3 is 0 Å². The molecule has 0 aliphatic carbocycles. The van der Waals surface area contributed by atoms with Crippen molar-refractivity contribution in [2.24, 2.45) is 0 Å². The fourth-order valence-electron chi connectivity index (χ4n) is 3.65. The molecule has 1 atom stereocenters. The molecule has 140 valence electrons. The van der Waals surface area contributed by atoms with Crippen LogP contribution in [-0.2, 0) is 13.1 Å². The molecule has 2 aromatic carbocycles. The Morgan fingerprint density at radius 2 is 1.85 bits per heavy atom. The van der Waals surface area contributed by atoms with E-state index in [-0.39, 0.29) is 12.4 Å². The summed E-state index contributed by atoms with van der Waals surface area (Å²) in [6.07, 6.45) is 0.757. The first kappa shape index (κ1) is 18.7. The molecule has 0 unspecified atom stereocenters. The lowest BCUT2D eigenvalue weighted by Gasteiger charge is -2.41. The van der Waals surface area contributed by atoms with Crippen LogP contribution in [0.3, 0.4) is 0 Å². The van der Waals surface area contributed by atoms with Crippen molar-refractivity contribution in [1.29, 1.82) is 0 Å². The second-order valence-corrected chi connectivity index (χ2v) is 6.83. The maximum atomic E-state index is 10.3. The number of benzene rings is 2. The Morgan fingerprint density at radius 3 is 2.58 bits per heavy atom. The van der Waals surface area contributed by atoms with Gasteiger partial charge < -0.3 is 14.9 Å². The van der Waals surface area contributed by atoms with Gasteiger partial charge in [0.2, 0.25) is 0 Å². The van der Waals surface area contributed by atoms with Crippen LogP contribution in [0.2, 0.25) is 0 Å². The highest BCUT2D eigenvalue weighted by atomic mass is 16.5. The van der Waals surface area contributed by atoms with Gasteiger partial charge in [-0.15, -0.1) is 0 Å². The third kappa shape index (κ3) is 4.55. The summed E-state index contributed by atoms with van der Waals surface area (Å²) < 4.78 is 5.21. The molecule has 2 aromatic rings. The van der Waals surface area contributed by atoms with E-state index in [0.29, 0.717) is 18.3 Å². The molecule has 1 fully saturated rings. The average molecular weight is 356 g/mol. The van der Waals surface area contributed by atoms with Crippen molar-refractivity contribution in [1.82, 2.24) is 9.80 Å². The largest absolute Gasteiger partial charge is 0.504 e. The number of piperazine rings is 1. The molecule has 3 rings (SSSR count). The molecule has 0 aromatic heterocycles. The molecule has 0 radical (unpaired) electrons. The van der Waals surface area contributed by atoms with E-state index in [0.717, 1.165) is 38.2 Å². The molecule has 2 N–H and O–H groups in total. The van der Waals surface area contributed by atoms with Gasteiger partial charge in [-0.3, -0.25) is 9.80 Å². The number of phenols is 1. The molecule has 1 aliphatic heterocycles. The van der Waals surface area contributed by atoms with Gasteiger partial charge in [0, 0.05) is 50.9 Å². The molecule has 5 heteroatoms. The number of rotatable bonds is 7. The van der Waals surface area contributed by atoms with Gasteiger partial charge in [-0.05, 0) is 18.1 Å². The smallest absolute Gasteiger partial charge is 0.162 e. The topological polar surface area (TPSA) is 56.2 Å². The summed E-state index contributed by atoms with van der Waals surface area (Å²) in [7, 11) is 1.57. The zero-order valence-corrected chi connectivity index (χ0v) is 15.3. The van der Waals surface area contributed by atoms with Crippen LogP contribution in [0, 0.1) is 0 Å². The number of aromatic hydroxyl groups is 1. The van der Waals surface area contributed by atoms with E-state index >= 15 is 0 Å². The first-order valence-corrected chi connectivity index (χ1v) is 9.17. The molecule has 1 saturated heterocycles. The van der Waals surface area contributed by atoms with E-state index in [9.17, 15) is 10.2 Å². The van der Waals surface area contributed by atoms with Crippen LogP contribution < -0.4 is 4.74 Å². The lowest BCUT2D eigenvalue weighted by molar-refractivity contribution is 0.0496. The summed E-state index contributed by atoms with van der Waals surface area (Å²) in [6, 6.07) is 16.4. The van der Waals surface area contributed by atoms with Crippen molar-refractivity contribution < 1.29 is 14.9 Å². The molecule has 5 nitrogen and oxygen atoms in total. The standard InChI is InChI=1S/C21H28N2O3/c1-26-20-9-5-8-18(21(20)25)15-22-11-12-23(19(16-22)10-13-24)14-17-6-3-2-4-7-17/h2-9,19,24-25H,10-16H2,1H3/t19-/m0/s1. The fourth-order valence-corrected chi connectivity index (χ4v) is 3.65. The summed E-state index contributed by atoms with van der Waals surface area (Å²) >= 11 is 0. The van der Waals surface area contributed by atoms with Gasteiger partial charge in [0.25, 0.3) is 0 Å². The molecule has 0 amide bonds. The predicted octanol–water partition coefficient (Wildman–Crippen LogP) is 2.47. The van der Waals surface area contributed by atoms with Crippen molar-refractivity contribution in [3.8, 4) is 11.5 Å².